The van der Waals surface area contributed by atoms with Crippen LogP contribution in [0.2, 0.25) is 0 Å². The Labute approximate surface area is 113 Å². The highest BCUT2D eigenvalue weighted by Gasteiger charge is 2.10. The minimum absolute atomic E-state index is 0.308. The first-order chi connectivity index (χ1) is 8.58. The number of hydrogen-bond acceptors (Lipinski definition) is 3. The molecule has 0 fully saturated rings. The molecular formula is C15H20N2S. The lowest BCUT2D eigenvalue weighted by atomic mass is 10.0. The molecular weight excluding hydrogens is 240 g/mol. The summed E-state index contributed by atoms with van der Waals surface area (Å²) in [5.41, 5.74) is 5.21. The second-order valence-electron chi connectivity index (χ2n) is 4.80. The van der Waals surface area contributed by atoms with Crippen LogP contribution in [-0.2, 0) is 6.54 Å². The van der Waals surface area contributed by atoms with E-state index in [-0.39, 0.29) is 0 Å². The molecule has 0 amide bonds. The molecule has 0 saturated carbocycles. The summed E-state index contributed by atoms with van der Waals surface area (Å²) in [4.78, 5) is 4.52. The van der Waals surface area contributed by atoms with Gasteiger partial charge < -0.3 is 5.32 Å². The molecule has 1 atom stereocenters. The Morgan fingerprint density at radius 1 is 1.22 bits per heavy atom. The van der Waals surface area contributed by atoms with E-state index in [9.17, 15) is 0 Å². The van der Waals surface area contributed by atoms with E-state index in [4.69, 9.17) is 0 Å². The van der Waals surface area contributed by atoms with E-state index in [0.717, 1.165) is 12.2 Å². The fraction of sp³-hybridized carbons (Fsp3) is 0.400. The van der Waals surface area contributed by atoms with Gasteiger partial charge in [-0.3, -0.25) is 0 Å². The molecule has 1 unspecified atom stereocenters. The molecule has 2 rings (SSSR count). The fourth-order valence-electron chi connectivity index (χ4n) is 2.04. The maximum atomic E-state index is 4.52. The number of rotatable bonds is 4. The topological polar surface area (TPSA) is 24.9 Å². The quantitative estimate of drug-likeness (QED) is 0.901. The van der Waals surface area contributed by atoms with Crippen molar-refractivity contribution in [3.05, 3.63) is 51.0 Å². The van der Waals surface area contributed by atoms with Crippen molar-refractivity contribution in [3.8, 4) is 0 Å². The van der Waals surface area contributed by atoms with Gasteiger partial charge in [0.05, 0.1) is 6.04 Å². The van der Waals surface area contributed by atoms with Crippen LogP contribution >= 0.6 is 11.3 Å². The van der Waals surface area contributed by atoms with Crippen LogP contribution in [0.25, 0.3) is 0 Å². The lowest BCUT2D eigenvalue weighted by Gasteiger charge is -2.14. The molecule has 1 aromatic carbocycles. The van der Waals surface area contributed by atoms with Crippen LogP contribution in [0.3, 0.4) is 0 Å². The lowest BCUT2D eigenvalue weighted by Crippen LogP contribution is -2.19. The van der Waals surface area contributed by atoms with Crippen molar-refractivity contribution in [1.29, 1.82) is 0 Å². The zero-order valence-corrected chi connectivity index (χ0v) is 12.3. The molecule has 0 spiro atoms. The van der Waals surface area contributed by atoms with Gasteiger partial charge in [0.2, 0.25) is 0 Å². The summed E-state index contributed by atoms with van der Waals surface area (Å²) >= 11 is 1.73. The van der Waals surface area contributed by atoms with E-state index in [1.807, 2.05) is 6.92 Å². The van der Waals surface area contributed by atoms with Gasteiger partial charge in [-0.25, -0.2) is 4.98 Å². The Morgan fingerprint density at radius 3 is 2.44 bits per heavy atom. The summed E-state index contributed by atoms with van der Waals surface area (Å²) in [6, 6.07) is 6.76. The van der Waals surface area contributed by atoms with Crippen LogP contribution < -0.4 is 5.32 Å². The largest absolute Gasteiger partial charge is 0.304 e. The molecule has 3 heteroatoms. The Bertz CT molecular complexity index is 511. The van der Waals surface area contributed by atoms with E-state index in [2.05, 4.69) is 54.7 Å². The molecule has 0 aliphatic heterocycles. The Balaban J connectivity index is 2.03. The van der Waals surface area contributed by atoms with Crippen molar-refractivity contribution < 1.29 is 0 Å². The molecule has 0 aliphatic carbocycles. The Hall–Kier alpha value is -1.19. The van der Waals surface area contributed by atoms with Gasteiger partial charge in [0.1, 0.15) is 5.01 Å². The van der Waals surface area contributed by atoms with E-state index in [0.29, 0.717) is 6.04 Å². The molecule has 1 N–H and O–H groups in total. The third kappa shape index (κ3) is 2.98. The summed E-state index contributed by atoms with van der Waals surface area (Å²) in [5.74, 6) is 0. The molecule has 96 valence electrons. The summed E-state index contributed by atoms with van der Waals surface area (Å²) in [6.45, 7) is 9.45. The zero-order valence-electron chi connectivity index (χ0n) is 11.4. The number of hydrogen-bond donors (Lipinski definition) is 1. The lowest BCUT2D eigenvalue weighted by molar-refractivity contribution is 0.568. The van der Waals surface area contributed by atoms with E-state index >= 15 is 0 Å². The second-order valence-corrected chi connectivity index (χ2v) is 5.69. The summed E-state index contributed by atoms with van der Waals surface area (Å²) < 4.78 is 0. The van der Waals surface area contributed by atoms with Crippen LogP contribution in [0.5, 0.6) is 0 Å². The van der Waals surface area contributed by atoms with Crippen molar-refractivity contribution in [3.63, 3.8) is 0 Å². The zero-order chi connectivity index (χ0) is 13.1. The predicted molar refractivity (Wildman–Crippen MR) is 78.0 cm³/mol. The third-order valence-electron chi connectivity index (χ3n) is 3.24. The summed E-state index contributed by atoms with van der Waals surface area (Å²) in [7, 11) is 0. The van der Waals surface area contributed by atoms with Gasteiger partial charge in [-0.15, -0.1) is 11.3 Å². The number of benzene rings is 1. The number of nitrogens with zero attached hydrogens (tertiary/aromatic N) is 1. The highest BCUT2D eigenvalue weighted by atomic mass is 32.1. The normalized spacial score (nSPS) is 12.7. The van der Waals surface area contributed by atoms with Gasteiger partial charge in [0.25, 0.3) is 0 Å². The first-order valence-corrected chi connectivity index (χ1v) is 7.16. The number of nitrogens with one attached hydrogen (secondary N) is 1. The molecule has 0 bridgehead atoms. The standard InChI is InChI=1S/C15H20N2S/c1-10-6-5-7-11(2)14(10)8-16-13(4)15-17-12(3)9-18-15/h5-7,9,13,16H,8H2,1-4H3. The first kappa shape index (κ1) is 13.2. The van der Waals surface area contributed by atoms with Crippen molar-refractivity contribution in [1.82, 2.24) is 10.3 Å². The Kier molecular flexibility index (Phi) is 4.15. The van der Waals surface area contributed by atoms with Crippen LogP contribution in [0.4, 0.5) is 0 Å². The van der Waals surface area contributed by atoms with E-state index in [1.54, 1.807) is 11.3 Å². The van der Waals surface area contributed by atoms with Gasteiger partial charge in [-0.1, -0.05) is 18.2 Å². The molecule has 0 saturated heterocycles. The van der Waals surface area contributed by atoms with Crippen LogP contribution in [0, 0.1) is 20.8 Å². The molecule has 0 radical (unpaired) electrons. The van der Waals surface area contributed by atoms with Gasteiger partial charge in [-0.2, -0.15) is 0 Å². The van der Waals surface area contributed by atoms with Gasteiger partial charge in [0.15, 0.2) is 0 Å². The SMILES string of the molecule is Cc1csc(C(C)NCc2c(C)cccc2C)n1. The van der Waals surface area contributed by atoms with Crippen molar-refractivity contribution in [2.75, 3.05) is 0 Å². The van der Waals surface area contributed by atoms with Gasteiger partial charge >= 0.3 is 0 Å². The van der Waals surface area contributed by atoms with Crippen LogP contribution in [-0.4, -0.2) is 4.98 Å². The fourth-order valence-corrected chi connectivity index (χ4v) is 2.87. The summed E-state index contributed by atoms with van der Waals surface area (Å²) in [5, 5.41) is 6.83. The molecule has 2 aromatic rings. The maximum absolute atomic E-state index is 4.52. The van der Waals surface area contributed by atoms with Crippen molar-refractivity contribution in [2.45, 2.75) is 40.3 Å². The minimum atomic E-state index is 0.308. The number of aromatic nitrogens is 1. The number of thiazole rings is 1. The van der Waals surface area contributed by atoms with Crippen molar-refractivity contribution in [2.24, 2.45) is 0 Å². The smallest absolute Gasteiger partial charge is 0.110 e. The average molecular weight is 260 g/mol. The van der Waals surface area contributed by atoms with Crippen molar-refractivity contribution >= 4 is 11.3 Å². The minimum Gasteiger partial charge on any atom is -0.304 e. The molecule has 18 heavy (non-hydrogen) atoms. The summed E-state index contributed by atoms with van der Waals surface area (Å²) in [6.07, 6.45) is 0. The van der Waals surface area contributed by atoms with Crippen LogP contribution in [0.1, 0.15) is 40.4 Å². The molecule has 0 aliphatic rings. The first-order valence-electron chi connectivity index (χ1n) is 6.28. The van der Waals surface area contributed by atoms with E-state index < -0.39 is 0 Å². The van der Waals surface area contributed by atoms with Gasteiger partial charge in [-0.05, 0) is 44.4 Å². The average Bonchev–Trinajstić information content (AvgIpc) is 2.75. The van der Waals surface area contributed by atoms with E-state index in [1.165, 1.54) is 21.7 Å². The van der Waals surface area contributed by atoms with Crippen LogP contribution in [0.15, 0.2) is 23.6 Å². The number of aryl methyl sites for hydroxylation is 3. The monoisotopic (exact) mass is 260 g/mol. The Morgan fingerprint density at radius 2 is 1.89 bits per heavy atom. The molecule has 1 aromatic heterocycles. The molecule has 2 nitrogen and oxygen atoms in total. The molecule has 1 heterocycles. The predicted octanol–water partition coefficient (Wildman–Crippen LogP) is 3.92. The second kappa shape index (κ2) is 5.63. The third-order valence-corrected chi connectivity index (χ3v) is 4.38. The highest BCUT2D eigenvalue weighted by Crippen LogP contribution is 2.19. The highest BCUT2D eigenvalue weighted by molar-refractivity contribution is 7.09. The van der Waals surface area contributed by atoms with Gasteiger partial charge in [0, 0.05) is 17.6 Å². The maximum Gasteiger partial charge on any atom is 0.110 e.